The van der Waals surface area contributed by atoms with Crippen LogP contribution in [0.5, 0.6) is 0 Å². The molecule has 9 heteroatoms. The number of aromatic nitrogens is 3. The lowest BCUT2D eigenvalue weighted by atomic mass is 10.1. The molecule has 0 unspecified atom stereocenters. The molecule has 0 saturated carbocycles. The number of nitro benzene ring substituents is 1. The first-order valence-corrected chi connectivity index (χ1v) is 9.40. The molecule has 0 aliphatic carbocycles. The Morgan fingerprint density at radius 1 is 1.36 bits per heavy atom. The molecule has 0 fully saturated rings. The average molecular weight is 397 g/mol. The van der Waals surface area contributed by atoms with Gasteiger partial charge in [0.1, 0.15) is 11.2 Å². The molecule has 0 saturated heterocycles. The summed E-state index contributed by atoms with van der Waals surface area (Å²) in [7, 11) is 0. The van der Waals surface area contributed by atoms with Gasteiger partial charge in [0, 0.05) is 29.4 Å². The topological polar surface area (TPSA) is 106 Å². The van der Waals surface area contributed by atoms with E-state index in [-0.39, 0.29) is 11.6 Å². The predicted molar refractivity (Wildman–Crippen MR) is 106 cm³/mol. The van der Waals surface area contributed by atoms with Crippen LogP contribution in [0.4, 0.5) is 5.69 Å². The number of oxime groups is 1. The van der Waals surface area contributed by atoms with Gasteiger partial charge in [0.2, 0.25) is 0 Å². The Morgan fingerprint density at radius 2 is 2.18 bits per heavy atom. The van der Waals surface area contributed by atoms with Crippen LogP contribution in [0.2, 0.25) is 0 Å². The molecule has 8 nitrogen and oxygen atoms in total. The van der Waals surface area contributed by atoms with E-state index in [2.05, 4.69) is 15.1 Å². The number of nitro groups is 1. The predicted octanol–water partition coefficient (Wildman–Crippen LogP) is 4.32. The molecule has 3 aromatic rings. The number of hydrogen-bond acceptors (Lipinski definition) is 7. The SMILES string of the molecule is CC(C)c1nc(/C=N/O)n(Cc2cccnc2)c1Sc1cccc([N+](=O)[O-])c1. The summed E-state index contributed by atoms with van der Waals surface area (Å²) < 4.78 is 1.93. The number of benzene rings is 1. The highest BCUT2D eigenvalue weighted by Gasteiger charge is 2.21. The lowest BCUT2D eigenvalue weighted by Crippen LogP contribution is -2.06. The number of nitrogens with zero attached hydrogens (tertiary/aromatic N) is 5. The minimum absolute atomic E-state index is 0.0339. The lowest BCUT2D eigenvalue weighted by molar-refractivity contribution is -0.385. The standard InChI is InChI=1S/C19H19N5O3S/c1-13(2)18-19(28-16-7-3-6-15(9-16)24(26)27)23(17(22-18)11-21-25)12-14-5-4-8-20-10-14/h3-11,13,25H,12H2,1-2H3/b21-11+. The van der Waals surface area contributed by atoms with E-state index in [1.165, 1.54) is 30.1 Å². The van der Waals surface area contributed by atoms with Crippen molar-refractivity contribution in [3.05, 3.63) is 76.0 Å². The van der Waals surface area contributed by atoms with E-state index in [9.17, 15) is 10.1 Å². The van der Waals surface area contributed by atoms with Gasteiger partial charge in [-0.15, -0.1) is 0 Å². The second-order valence-electron chi connectivity index (χ2n) is 6.36. The highest BCUT2D eigenvalue weighted by Crippen LogP contribution is 2.36. The molecule has 0 atom stereocenters. The molecule has 144 valence electrons. The Labute approximate surface area is 166 Å². The first-order chi connectivity index (χ1) is 13.5. The van der Waals surface area contributed by atoms with Crippen molar-refractivity contribution in [3.8, 4) is 0 Å². The Balaban J connectivity index is 2.09. The van der Waals surface area contributed by atoms with Crippen molar-refractivity contribution in [1.82, 2.24) is 14.5 Å². The minimum atomic E-state index is -0.412. The first kappa shape index (κ1) is 19.6. The van der Waals surface area contributed by atoms with Gasteiger partial charge in [0.25, 0.3) is 5.69 Å². The molecule has 2 aromatic heterocycles. The Morgan fingerprint density at radius 3 is 2.82 bits per heavy atom. The highest BCUT2D eigenvalue weighted by atomic mass is 32.2. The molecule has 0 bridgehead atoms. The molecule has 0 spiro atoms. The number of non-ortho nitro benzene ring substituents is 1. The molecule has 3 rings (SSSR count). The number of rotatable bonds is 7. The van der Waals surface area contributed by atoms with E-state index in [4.69, 9.17) is 5.21 Å². The molecule has 2 heterocycles. The fourth-order valence-corrected chi connectivity index (χ4v) is 3.91. The van der Waals surface area contributed by atoms with Crippen LogP contribution >= 0.6 is 11.8 Å². The maximum absolute atomic E-state index is 11.1. The summed E-state index contributed by atoms with van der Waals surface area (Å²) in [6, 6.07) is 10.3. The van der Waals surface area contributed by atoms with Crippen molar-refractivity contribution in [3.63, 3.8) is 0 Å². The van der Waals surface area contributed by atoms with Gasteiger partial charge in [-0.05, 0) is 23.6 Å². The molecule has 1 N–H and O–H groups in total. The third kappa shape index (κ3) is 4.37. The molecule has 0 amide bonds. The monoisotopic (exact) mass is 397 g/mol. The van der Waals surface area contributed by atoms with Crippen molar-refractivity contribution in [1.29, 1.82) is 0 Å². The van der Waals surface area contributed by atoms with E-state index in [0.29, 0.717) is 12.4 Å². The molecule has 1 aromatic carbocycles. The maximum Gasteiger partial charge on any atom is 0.270 e. The third-order valence-electron chi connectivity index (χ3n) is 4.00. The Kier molecular flexibility index (Phi) is 6.05. The zero-order chi connectivity index (χ0) is 20.1. The third-order valence-corrected chi connectivity index (χ3v) is 5.11. The van der Waals surface area contributed by atoms with E-state index in [1.807, 2.05) is 36.6 Å². The van der Waals surface area contributed by atoms with E-state index >= 15 is 0 Å². The summed E-state index contributed by atoms with van der Waals surface area (Å²) >= 11 is 1.40. The van der Waals surface area contributed by atoms with Crippen molar-refractivity contribution in [2.45, 2.75) is 36.2 Å². The fraction of sp³-hybridized carbons (Fsp3) is 0.211. The van der Waals surface area contributed by atoms with E-state index in [1.54, 1.807) is 18.5 Å². The van der Waals surface area contributed by atoms with Crippen LogP contribution in [0, 0.1) is 10.1 Å². The van der Waals surface area contributed by atoms with Crippen LogP contribution in [-0.2, 0) is 6.54 Å². The van der Waals surface area contributed by atoms with E-state index in [0.717, 1.165) is 21.2 Å². The molecule has 0 aliphatic rings. The maximum atomic E-state index is 11.1. The van der Waals surface area contributed by atoms with Crippen LogP contribution in [0.1, 0.15) is 36.8 Å². The van der Waals surface area contributed by atoms with Crippen LogP contribution in [0.25, 0.3) is 0 Å². The first-order valence-electron chi connectivity index (χ1n) is 8.58. The summed E-state index contributed by atoms with van der Waals surface area (Å²) in [6.07, 6.45) is 4.75. The zero-order valence-electron chi connectivity index (χ0n) is 15.4. The lowest BCUT2D eigenvalue weighted by Gasteiger charge is -2.12. The van der Waals surface area contributed by atoms with Crippen LogP contribution in [0.3, 0.4) is 0 Å². The zero-order valence-corrected chi connectivity index (χ0v) is 16.2. The second kappa shape index (κ2) is 8.66. The average Bonchev–Trinajstić information content (AvgIpc) is 3.01. The normalized spacial score (nSPS) is 11.4. The molecule has 0 aliphatic heterocycles. The molecular weight excluding hydrogens is 378 g/mol. The van der Waals surface area contributed by atoms with Gasteiger partial charge in [0.15, 0.2) is 5.82 Å². The summed E-state index contributed by atoms with van der Waals surface area (Å²) in [5.74, 6) is 0.616. The van der Waals surface area contributed by atoms with Gasteiger partial charge in [-0.3, -0.25) is 15.1 Å². The summed E-state index contributed by atoms with van der Waals surface area (Å²) in [4.78, 5) is 20.2. The van der Waals surface area contributed by atoms with Crippen LogP contribution in [-0.4, -0.2) is 30.9 Å². The van der Waals surface area contributed by atoms with Gasteiger partial charge < -0.3 is 9.77 Å². The van der Waals surface area contributed by atoms with Crippen molar-refractivity contribution in [2.75, 3.05) is 0 Å². The molecule has 0 radical (unpaired) electrons. The van der Waals surface area contributed by atoms with Crippen molar-refractivity contribution in [2.24, 2.45) is 5.16 Å². The van der Waals surface area contributed by atoms with Crippen molar-refractivity contribution < 1.29 is 10.1 Å². The summed E-state index contributed by atoms with van der Waals surface area (Å²) in [6.45, 7) is 4.52. The van der Waals surface area contributed by atoms with Crippen LogP contribution in [0.15, 0.2) is 63.9 Å². The van der Waals surface area contributed by atoms with Gasteiger partial charge in [-0.2, -0.15) is 0 Å². The van der Waals surface area contributed by atoms with Crippen LogP contribution < -0.4 is 0 Å². The molecule has 28 heavy (non-hydrogen) atoms. The molecular formula is C19H19N5O3S. The summed E-state index contributed by atoms with van der Waals surface area (Å²) in [5, 5.41) is 24.1. The number of hydrogen-bond donors (Lipinski definition) is 1. The Hall–Kier alpha value is -3.20. The smallest absolute Gasteiger partial charge is 0.270 e. The Bertz CT molecular complexity index is 1000. The second-order valence-corrected chi connectivity index (χ2v) is 7.43. The highest BCUT2D eigenvalue weighted by molar-refractivity contribution is 7.99. The van der Waals surface area contributed by atoms with Crippen molar-refractivity contribution >= 4 is 23.7 Å². The minimum Gasteiger partial charge on any atom is -0.411 e. The van der Waals surface area contributed by atoms with Gasteiger partial charge in [-0.1, -0.05) is 42.9 Å². The van der Waals surface area contributed by atoms with Gasteiger partial charge in [-0.25, -0.2) is 4.98 Å². The van der Waals surface area contributed by atoms with E-state index < -0.39 is 4.92 Å². The quantitative estimate of drug-likeness (QED) is 0.275. The largest absolute Gasteiger partial charge is 0.411 e. The van der Waals surface area contributed by atoms with Gasteiger partial charge >= 0.3 is 0 Å². The fourth-order valence-electron chi connectivity index (χ4n) is 2.71. The number of imidazole rings is 1. The van der Waals surface area contributed by atoms with Gasteiger partial charge in [0.05, 0.1) is 17.2 Å². The number of pyridine rings is 1. The summed E-state index contributed by atoms with van der Waals surface area (Å²) in [5.41, 5.74) is 1.82.